The van der Waals surface area contributed by atoms with E-state index in [9.17, 15) is 13.2 Å². The van der Waals surface area contributed by atoms with Crippen LogP contribution in [-0.2, 0) is 19.4 Å². The molecule has 0 atom stereocenters. The predicted molar refractivity (Wildman–Crippen MR) is 81.8 cm³/mol. The fourth-order valence-electron chi connectivity index (χ4n) is 2.04. The van der Waals surface area contributed by atoms with Gasteiger partial charge in [-0.2, -0.15) is 0 Å². The Labute approximate surface area is 124 Å². The molecule has 0 spiro atoms. The van der Waals surface area contributed by atoms with Gasteiger partial charge in [0.2, 0.25) is 0 Å². The van der Waals surface area contributed by atoms with Crippen LogP contribution in [0.15, 0.2) is 47.4 Å². The van der Waals surface area contributed by atoms with Crippen molar-refractivity contribution in [2.24, 2.45) is 0 Å². The highest BCUT2D eigenvalue weighted by Gasteiger charge is 2.44. The highest BCUT2D eigenvalue weighted by Crippen LogP contribution is 2.29. The molecule has 0 aliphatic heterocycles. The average molecular weight is 306 g/mol. The lowest BCUT2D eigenvalue weighted by atomic mass is 10.1. The molecular weight excluding hydrogens is 288 g/mol. The van der Waals surface area contributed by atoms with Gasteiger partial charge in [0, 0.05) is 0 Å². The van der Waals surface area contributed by atoms with Gasteiger partial charge < -0.3 is 4.74 Å². The lowest BCUT2D eigenvalue weighted by Gasteiger charge is -2.22. The molecule has 0 radical (unpaired) electrons. The van der Waals surface area contributed by atoms with Crippen molar-refractivity contribution in [3.63, 3.8) is 0 Å². The van der Waals surface area contributed by atoms with Gasteiger partial charge in [-0.25, -0.2) is 8.42 Å². The third-order valence-corrected chi connectivity index (χ3v) is 5.85. The summed E-state index contributed by atoms with van der Waals surface area (Å²) in [6.07, 6.45) is 0. The first-order valence-electron chi connectivity index (χ1n) is 6.71. The number of carbonyl (C=O) groups excluding carboxylic acids is 1. The summed E-state index contributed by atoms with van der Waals surface area (Å²) in [5.74, 6) is -0.738. The number of fused-ring (bicyclic) bond motifs is 1. The summed E-state index contributed by atoms with van der Waals surface area (Å²) in [6, 6.07) is 12.3. The molecule has 0 amide bonds. The third-order valence-electron chi connectivity index (χ3n) is 3.47. The second kappa shape index (κ2) is 5.48. The maximum absolute atomic E-state index is 12.7. The van der Waals surface area contributed by atoms with Crippen LogP contribution in [0.2, 0.25) is 0 Å². The van der Waals surface area contributed by atoms with Crippen LogP contribution in [0.5, 0.6) is 0 Å². The average Bonchev–Trinajstić information content (AvgIpc) is 2.46. The highest BCUT2D eigenvalue weighted by atomic mass is 32.2. The summed E-state index contributed by atoms with van der Waals surface area (Å²) in [6.45, 7) is 4.54. The molecular formula is C16H18O4S. The first-order valence-corrected chi connectivity index (χ1v) is 8.19. The molecule has 0 fully saturated rings. The second-order valence-corrected chi connectivity index (χ2v) is 7.74. The van der Waals surface area contributed by atoms with E-state index < -0.39 is 20.6 Å². The molecule has 4 nitrogen and oxygen atoms in total. The first-order chi connectivity index (χ1) is 9.80. The smallest absolute Gasteiger partial charge is 0.327 e. The Morgan fingerprint density at radius 3 is 2.33 bits per heavy atom. The quantitative estimate of drug-likeness (QED) is 0.815. The zero-order valence-electron chi connectivity index (χ0n) is 12.3. The Hall–Kier alpha value is -1.88. The Morgan fingerprint density at radius 1 is 1.10 bits per heavy atom. The van der Waals surface area contributed by atoms with Crippen LogP contribution in [0.4, 0.5) is 0 Å². The van der Waals surface area contributed by atoms with Crippen LogP contribution in [0, 0.1) is 0 Å². The fraction of sp³-hybridized carbons (Fsp3) is 0.312. The summed E-state index contributed by atoms with van der Waals surface area (Å²) >= 11 is 0. The van der Waals surface area contributed by atoms with E-state index in [0.29, 0.717) is 0 Å². The van der Waals surface area contributed by atoms with Gasteiger partial charge in [0.15, 0.2) is 14.6 Å². The number of benzene rings is 2. The van der Waals surface area contributed by atoms with E-state index in [2.05, 4.69) is 0 Å². The largest absolute Gasteiger partial charge is 0.465 e. The van der Waals surface area contributed by atoms with E-state index >= 15 is 0 Å². The number of hydrogen-bond acceptors (Lipinski definition) is 4. The molecule has 0 saturated heterocycles. The van der Waals surface area contributed by atoms with Crippen molar-refractivity contribution in [2.75, 3.05) is 6.61 Å². The van der Waals surface area contributed by atoms with Crippen molar-refractivity contribution in [2.45, 2.75) is 30.4 Å². The van der Waals surface area contributed by atoms with Crippen molar-refractivity contribution in [3.05, 3.63) is 42.5 Å². The van der Waals surface area contributed by atoms with Crippen molar-refractivity contribution in [1.82, 2.24) is 0 Å². The molecule has 2 rings (SSSR count). The number of ether oxygens (including phenoxy) is 1. The first kappa shape index (κ1) is 15.5. The van der Waals surface area contributed by atoms with Crippen LogP contribution >= 0.6 is 0 Å². The zero-order valence-corrected chi connectivity index (χ0v) is 13.1. The van der Waals surface area contributed by atoms with E-state index in [1.54, 1.807) is 19.1 Å². The van der Waals surface area contributed by atoms with Crippen LogP contribution in [-0.4, -0.2) is 25.7 Å². The Morgan fingerprint density at radius 2 is 1.71 bits per heavy atom. The third kappa shape index (κ3) is 2.65. The zero-order chi connectivity index (χ0) is 15.7. The maximum Gasteiger partial charge on any atom is 0.327 e. The fourth-order valence-corrected chi connectivity index (χ4v) is 3.44. The number of carbonyl (C=O) groups is 1. The molecule has 0 heterocycles. The molecule has 0 aliphatic carbocycles. The molecule has 0 aromatic heterocycles. The molecule has 0 bridgehead atoms. The molecule has 0 saturated carbocycles. The lowest BCUT2D eigenvalue weighted by molar-refractivity contribution is -0.145. The molecule has 2 aromatic rings. The minimum Gasteiger partial charge on any atom is -0.465 e. The number of esters is 1. The van der Waals surface area contributed by atoms with Gasteiger partial charge in [-0.1, -0.05) is 30.3 Å². The molecule has 2 aromatic carbocycles. The van der Waals surface area contributed by atoms with Gasteiger partial charge in [0.05, 0.1) is 11.5 Å². The van der Waals surface area contributed by atoms with Gasteiger partial charge in [0.25, 0.3) is 0 Å². The standard InChI is InChI=1S/C16H18O4S/c1-4-20-15(17)16(2,3)21(18,19)14-10-9-12-7-5-6-8-13(12)11-14/h5-11H,4H2,1-3H3. The normalized spacial score (nSPS) is 12.3. The predicted octanol–water partition coefficient (Wildman–Crippen LogP) is 2.96. The van der Waals surface area contributed by atoms with Crippen molar-refractivity contribution < 1.29 is 17.9 Å². The van der Waals surface area contributed by atoms with E-state index in [-0.39, 0.29) is 11.5 Å². The summed E-state index contributed by atoms with van der Waals surface area (Å²) in [5, 5.41) is 1.77. The van der Waals surface area contributed by atoms with E-state index in [1.165, 1.54) is 19.9 Å². The van der Waals surface area contributed by atoms with Gasteiger partial charge in [-0.15, -0.1) is 0 Å². The lowest BCUT2D eigenvalue weighted by Crippen LogP contribution is -2.42. The number of hydrogen-bond donors (Lipinski definition) is 0. The van der Waals surface area contributed by atoms with Crippen molar-refractivity contribution in [1.29, 1.82) is 0 Å². The van der Waals surface area contributed by atoms with Gasteiger partial charge in [-0.05, 0) is 43.7 Å². The molecule has 5 heteroatoms. The van der Waals surface area contributed by atoms with Gasteiger partial charge in [-0.3, -0.25) is 4.79 Å². The topological polar surface area (TPSA) is 60.4 Å². The monoisotopic (exact) mass is 306 g/mol. The highest BCUT2D eigenvalue weighted by molar-refractivity contribution is 7.93. The van der Waals surface area contributed by atoms with Crippen LogP contribution in [0.1, 0.15) is 20.8 Å². The van der Waals surface area contributed by atoms with E-state index in [0.717, 1.165) is 10.8 Å². The molecule has 112 valence electrons. The summed E-state index contributed by atoms with van der Waals surface area (Å²) in [5.41, 5.74) is 0. The maximum atomic E-state index is 12.7. The SMILES string of the molecule is CCOC(=O)C(C)(C)S(=O)(=O)c1ccc2ccccc2c1. The molecule has 0 aliphatic rings. The summed E-state index contributed by atoms with van der Waals surface area (Å²) < 4.78 is 28.7. The molecule has 0 N–H and O–H groups in total. The minimum absolute atomic E-state index is 0.124. The minimum atomic E-state index is -3.83. The molecule has 21 heavy (non-hydrogen) atoms. The van der Waals surface area contributed by atoms with Crippen LogP contribution in [0.25, 0.3) is 10.8 Å². The van der Waals surface area contributed by atoms with Gasteiger partial charge >= 0.3 is 5.97 Å². The number of sulfone groups is 1. The van der Waals surface area contributed by atoms with Crippen LogP contribution < -0.4 is 0 Å². The van der Waals surface area contributed by atoms with E-state index in [1.807, 2.05) is 24.3 Å². The summed E-state index contributed by atoms with van der Waals surface area (Å²) in [7, 11) is -3.83. The Balaban J connectivity index is 2.53. The summed E-state index contributed by atoms with van der Waals surface area (Å²) in [4.78, 5) is 12.1. The Kier molecular flexibility index (Phi) is 4.05. The van der Waals surface area contributed by atoms with Gasteiger partial charge in [0.1, 0.15) is 0 Å². The van der Waals surface area contributed by atoms with Crippen LogP contribution in [0.3, 0.4) is 0 Å². The van der Waals surface area contributed by atoms with E-state index in [4.69, 9.17) is 4.74 Å². The van der Waals surface area contributed by atoms with Crippen molar-refractivity contribution in [3.8, 4) is 0 Å². The Bertz CT molecular complexity index is 776. The molecule has 0 unspecified atom stereocenters. The second-order valence-electron chi connectivity index (χ2n) is 5.24. The van der Waals surface area contributed by atoms with Crippen molar-refractivity contribution >= 4 is 26.6 Å². The number of rotatable bonds is 4.